The molecular weight excluding hydrogens is 348 g/mol. The molecule has 4 aromatic rings. The van der Waals surface area contributed by atoms with Gasteiger partial charge in [-0.1, -0.05) is 12.1 Å². The molecule has 0 fully saturated rings. The van der Waals surface area contributed by atoms with Crippen molar-refractivity contribution in [2.45, 2.75) is 6.54 Å². The normalized spacial score (nSPS) is 10.8. The Morgan fingerprint density at radius 3 is 2.77 bits per heavy atom. The van der Waals surface area contributed by atoms with Crippen molar-refractivity contribution in [3.05, 3.63) is 65.6 Å². The number of carbonyl (C=O) groups excluding carboxylic acids is 1. The molecule has 0 aliphatic carbocycles. The number of carbonyl (C=O) groups is 1. The van der Waals surface area contributed by atoms with Crippen molar-refractivity contribution in [1.29, 1.82) is 0 Å². The number of aromatic nitrogens is 3. The van der Waals surface area contributed by atoms with Crippen molar-refractivity contribution in [1.82, 2.24) is 20.3 Å². The SMILES string of the molecule is COc1ccc(-c2cnc(CNC(=O)c3nc4ccccc4s3)[nH]2)cc1. The first-order chi connectivity index (χ1) is 12.7. The fourth-order valence-electron chi connectivity index (χ4n) is 2.58. The maximum Gasteiger partial charge on any atom is 0.280 e. The second-order valence-corrected chi connectivity index (χ2v) is 6.67. The first-order valence-corrected chi connectivity index (χ1v) is 8.86. The molecule has 7 heteroatoms. The first-order valence-electron chi connectivity index (χ1n) is 8.05. The highest BCUT2D eigenvalue weighted by Crippen LogP contribution is 2.22. The summed E-state index contributed by atoms with van der Waals surface area (Å²) in [6.07, 6.45) is 1.75. The number of thiazole rings is 1. The number of nitrogens with one attached hydrogen (secondary N) is 2. The molecule has 6 nitrogen and oxygen atoms in total. The van der Waals surface area contributed by atoms with E-state index in [0.717, 1.165) is 27.2 Å². The van der Waals surface area contributed by atoms with E-state index in [1.54, 1.807) is 13.3 Å². The van der Waals surface area contributed by atoms with E-state index in [-0.39, 0.29) is 5.91 Å². The third-order valence-electron chi connectivity index (χ3n) is 3.93. The number of aromatic amines is 1. The van der Waals surface area contributed by atoms with Gasteiger partial charge in [0.15, 0.2) is 5.01 Å². The lowest BCUT2D eigenvalue weighted by Gasteiger charge is -2.02. The topological polar surface area (TPSA) is 79.9 Å². The molecular formula is C19H16N4O2S. The Morgan fingerprint density at radius 2 is 2.00 bits per heavy atom. The van der Waals surface area contributed by atoms with Gasteiger partial charge in [-0.05, 0) is 42.0 Å². The Hall–Kier alpha value is -3.19. The lowest BCUT2D eigenvalue weighted by molar-refractivity contribution is 0.0950. The van der Waals surface area contributed by atoms with Crippen LogP contribution in [-0.2, 0) is 6.54 Å². The van der Waals surface area contributed by atoms with E-state index in [9.17, 15) is 4.79 Å². The van der Waals surface area contributed by atoms with Crippen molar-refractivity contribution in [2.75, 3.05) is 7.11 Å². The van der Waals surface area contributed by atoms with Crippen LogP contribution < -0.4 is 10.1 Å². The number of hydrogen-bond donors (Lipinski definition) is 2. The molecule has 0 bridgehead atoms. The summed E-state index contributed by atoms with van der Waals surface area (Å²) in [6, 6.07) is 15.4. The average molecular weight is 364 g/mol. The highest BCUT2D eigenvalue weighted by atomic mass is 32.1. The summed E-state index contributed by atoms with van der Waals surface area (Å²) in [5.41, 5.74) is 2.72. The van der Waals surface area contributed by atoms with Gasteiger partial charge in [-0.3, -0.25) is 4.79 Å². The summed E-state index contributed by atoms with van der Waals surface area (Å²) in [4.78, 5) is 24.2. The van der Waals surface area contributed by atoms with Crippen LogP contribution in [-0.4, -0.2) is 28.0 Å². The molecule has 0 unspecified atom stereocenters. The number of benzene rings is 2. The number of ether oxygens (including phenoxy) is 1. The fourth-order valence-corrected chi connectivity index (χ4v) is 3.46. The van der Waals surface area contributed by atoms with Gasteiger partial charge in [-0.25, -0.2) is 9.97 Å². The summed E-state index contributed by atoms with van der Waals surface area (Å²) in [6.45, 7) is 0.310. The van der Waals surface area contributed by atoms with E-state index in [1.165, 1.54) is 11.3 Å². The highest BCUT2D eigenvalue weighted by Gasteiger charge is 2.12. The summed E-state index contributed by atoms with van der Waals surface area (Å²) in [5, 5.41) is 3.31. The molecule has 0 aliphatic heterocycles. The Balaban J connectivity index is 1.43. The quantitative estimate of drug-likeness (QED) is 0.567. The predicted molar refractivity (Wildman–Crippen MR) is 101 cm³/mol. The van der Waals surface area contributed by atoms with Gasteiger partial charge in [0.2, 0.25) is 0 Å². The molecule has 2 N–H and O–H groups in total. The van der Waals surface area contributed by atoms with Crippen LogP contribution in [0.2, 0.25) is 0 Å². The van der Waals surface area contributed by atoms with Crippen LogP contribution >= 0.6 is 11.3 Å². The third-order valence-corrected chi connectivity index (χ3v) is 4.97. The van der Waals surface area contributed by atoms with E-state index >= 15 is 0 Å². The fraction of sp³-hybridized carbons (Fsp3) is 0.105. The van der Waals surface area contributed by atoms with Crippen LogP contribution in [0, 0.1) is 0 Å². The van der Waals surface area contributed by atoms with Crippen LogP contribution in [0.15, 0.2) is 54.7 Å². The Morgan fingerprint density at radius 1 is 1.19 bits per heavy atom. The zero-order chi connectivity index (χ0) is 17.9. The number of amides is 1. The molecule has 0 aliphatic rings. The Bertz CT molecular complexity index is 1020. The lowest BCUT2D eigenvalue weighted by Crippen LogP contribution is -2.23. The van der Waals surface area contributed by atoms with E-state index in [4.69, 9.17) is 4.74 Å². The number of fused-ring (bicyclic) bond motifs is 1. The first kappa shape index (κ1) is 16.3. The van der Waals surface area contributed by atoms with Gasteiger partial charge in [0.25, 0.3) is 5.91 Å². The monoisotopic (exact) mass is 364 g/mol. The minimum atomic E-state index is -0.200. The number of nitrogens with zero attached hydrogens (tertiary/aromatic N) is 2. The van der Waals surface area contributed by atoms with Crippen molar-refractivity contribution in [2.24, 2.45) is 0 Å². The van der Waals surface area contributed by atoms with Crippen LogP contribution in [0.3, 0.4) is 0 Å². The molecule has 0 saturated carbocycles. The van der Waals surface area contributed by atoms with E-state index in [1.807, 2.05) is 48.5 Å². The van der Waals surface area contributed by atoms with Crippen molar-refractivity contribution >= 4 is 27.5 Å². The number of hydrogen-bond acceptors (Lipinski definition) is 5. The minimum absolute atomic E-state index is 0.200. The molecule has 2 heterocycles. The minimum Gasteiger partial charge on any atom is -0.497 e. The van der Waals surface area contributed by atoms with Crippen molar-refractivity contribution in [3.8, 4) is 17.0 Å². The molecule has 26 heavy (non-hydrogen) atoms. The van der Waals surface area contributed by atoms with E-state index < -0.39 is 0 Å². The van der Waals surface area contributed by atoms with Gasteiger partial charge in [0, 0.05) is 0 Å². The Kier molecular flexibility index (Phi) is 4.37. The maximum absolute atomic E-state index is 12.3. The molecule has 2 aromatic heterocycles. The zero-order valence-electron chi connectivity index (χ0n) is 14.0. The Labute approximate surface area is 153 Å². The number of rotatable bonds is 5. The third kappa shape index (κ3) is 3.29. The number of H-pyrrole nitrogens is 1. The molecule has 130 valence electrons. The van der Waals surface area contributed by atoms with Gasteiger partial charge in [0.1, 0.15) is 11.6 Å². The van der Waals surface area contributed by atoms with Crippen LogP contribution in [0.25, 0.3) is 21.5 Å². The van der Waals surface area contributed by atoms with Gasteiger partial charge >= 0.3 is 0 Å². The summed E-state index contributed by atoms with van der Waals surface area (Å²) in [7, 11) is 1.64. The van der Waals surface area contributed by atoms with Crippen LogP contribution in [0.5, 0.6) is 5.75 Å². The van der Waals surface area contributed by atoms with Crippen molar-refractivity contribution < 1.29 is 9.53 Å². The molecule has 2 aromatic carbocycles. The van der Waals surface area contributed by atoms with E-state index in [0.29, 0.717) is 17.4 Å². The number of imidazole rings is 1. The van der Waals surface area contributed by atoms with Gasteiger partial charge in [0.05, 0.1) is 35.8 Å². The van der Waals surface area contributed by atoms with Crippen LogP contribution in [0.1, 0.15) is 15.6 Å². The standard InChI is InChI=1S/C19H16N4O2S/c1-25-13-8-6-12(7-9-13)15-10-20-17(22-15)11-21-18(24)19-23-14-4-2-3-5-16(14)26-19/h2-10H,11H2,1H3,(H,20,22)(H,21,24). The van der Waals surface area contributed by atoms with E-state index in [2.05, 4.69) is 20.3 Å². The number of methoxy groups -OCH3 is 1. The van der Waals surface area contributed by atoms with Gasteiger partial charge < -0.3 is 15.0 Å². The molecule has 1 amide bonds. The maximum atomic E-state index is 12.3. The summed E-state index contributed by atoms with van der Waals surface area (Å²) >= 11 is 1.38. The molecule has 0 spiro atoms. The zero-order valence-corrected chi connectivity index (χ0v) is 14.8. The second kappa shape index (κ2) is 6.97. The van der Waals surface area contributed by atoms with Crippen molar-refractivity contribution in [3.63, 3.8) is 0 Å². The molecule has 0 atom stereocenters. The smallest absolute Gasteiger partial charge is 0.280 e. The predicted octanol–water partition coefficient (Wildman–Crippen LogP) is 3.63. The summed E-state index contributed by atoms with van der Waals surface area (Å²) in [5.74, 6) is 1.29. The average Bonchev–Trinajstić information content (AvgIpc) is 3.33. The lowest BCUT2D eigenvalue weighted by atomic mass is 10.2. The summed E-state index contributed by atoms with van der Waals surface area (Å²) < 4.78 is 6.16. The highest BCUT2D eigenvalue weighted by molar-refractivity contribution is 7.20. The second-order valence-electron chi connectivity index (χ2n) is 5.64. The molecule has 4 rings (SSSR count). The van der Waals surface area contributed by atoms with Gasteiger partial charge in [-0.2, -0.15) is 0 Å². The largest absolute Gasteiger partial charge is 0.497 e. The molecule has 0 saturated heterocycles. The van der Waals surface area contributed by atoms with Crippen LogP contribution in [0.4, 0.5) is 0 Å². The molecule has 0 radical (unpaired) electrons. The number of para-hydroxylation sites is 1. The van der Waals surface area contributed by atoms with Gasteiger partial charge in [-0.15, -0.1) is 11.3 Å².